The van der Waals surface area contributed by atoms with Gasteiger partial charge in [-0.3, -0.25) is 0 Å². The fraction of sp³-hybridized carbons (Fsp3) is 1.00. The van der Waals surface area contributed by atoms with Crippen molar-refractivity contribution in [2.75, 3.05) is 6.54 Å². The molecule has 0 aromatic rings. The van der Waals surface area contributed by atoms with E-state index in [1.807, 2.05) is 0 Å². The Morgan fingerprint density at radius 2 is 1.47 bits per heavy atom. The van der Waals surface area contributed by atoms with E-state index in [9.17, 15) is 0 Å². The minimum Gasteiger partial charge on any atom is -0.312 e. The molecule has 0 amide bonds. The Kier molecular flexibility index (Phi) is 5.07. The molecule has 1 fully saturated rings. The van der Waals surface area contributed by atoms with Gasteiger partial charge in [-0.15, -0.1) is 0 Å². The van der Waals surface area contributed by atoms with Crippen molar-refractivity contribution in [2.24, 2.45) is 17.3 Å². The molecule has 1 rings (SSSR count). The second-order valence-corrected chi connectivity index (χ2v) is 7.70. The molecule has 1 heteroatoms. The lowest BCUT2D eigenvalue weighted by Crippen LogP contribution is -2.42. The molecule has 1 N–H and O–H groups in total. The lowest BCUT2D eigenvalue weighted by Gasteiger charge is -2.38. The highest BCUT2D eigenvalue weighted by atomic mass is 15.0. The Balaban J connectivity index is 2.29. The van der Waals surface area contributed by atoms with Gasteiger partial charge < -0.3 is 5.32 Å². The fourth-order valence-corrected chi connectivity index (χ4v) is 2.78. The maximum absolute atomic E-state index is 3.73. The molecule has 0 aliphatic heterocycles. The highest BCUT2D eigenvalue weighted by Crippen LogP contribution is 2.39. The van der Waals surface area contributed by atoms with Gasteiger partial charge in [0.2, 0.25) is 0 Å². The summed E-state index contributed by atoms with van der Waals surface area (Å²) in [5.74, 6) is 1.86. The van der Waals surface area contributed by atoms with Crippen LogP contribution in [-0.4, -0.2) is 12.1 Å². The van der Waals surface area contributed by atoms with Crippen LogP contribution in [0.25, 0.3) is 0 Å². The highest BCUT2D eigenvalue weighted by Gasteiger charge is 2.30. The van der Waals surface area contributed by atoms with Crippen LogP contribution in [0.1, 0.15) is 73.6 Å². The van der Waals surface area contributed by atoms with Crippen LogP contribution in [-0.2, 0) is 0 Å². The number of rotatable bonds is 4. The molecule has 17 heavy (non-hydrogen) atoms. The molecule has 1 saturated carbocycles. The smallest absolute Gasteiger partial charge is 0.0122 e. The van der Waals surface area contributed by atoms with Gasteiger partial charge in [-0.2, -0.15) is 0 Å². The van der Waals surface area contributed by atoms with Crippen LogP contribution in [0.4, 0.5) is 0 Å². The SMILES string of the molecule is CCC(C)(C)NCC1CCC(C(C)(C)C)CC1. The summed E-state index contributed by atoms with van der Waals surface area (Å²) in [5, 5.41) is 3.73. The molecule has 0 aromatic heterocycles. The van der Waals surface area contributed by atoms with Gasteiger partial charge in [-0.25, -0.2) is 0 Å². The van der Waals surface area contributed by atoms with Gasteiger partial charge >= 0.3 is 0 Å². The van der Waals surface area contributed by atoms with Crippen molar-refractivity contribution in [3.05, 3.63) is 0 Å². The first kappa shape index (κ1) is 15.0. The molecule has 0 heterocycles. The van der Waals surface area contributed by atoms with Gasteiger partial charge in [0.25, 0.3) is 0 Å². The minimum absolute atomic E-state index is 0.320. The fourth-order valence-electron chi connectivity index (χ4n) is 2.78. The third-order valence-electron chi connectivity index (χ3n) is 4.82. The van der Waals surface area contributed by atoms with Gasteiger partial charge in [0.15, 0.2) is 0 Å². The predicted molar refractivity (Wildman–Crippen MR) is 77.3 cm³/mol. The van der Waals surface area contributed by atoms with Crippen molar-refractivity contribution in [3.8, 4) is 0 Å². The zero-order valence-electron chi connectivity index (χ0n) is 12.9. The second-order valence-electron chi connectivity index (χ2n) is 7.70. The molecule has 1 aliphatic carbocycles. The average Bonchev–Trinajstić information content (AvgIpc) is 2.26. The monoisotopic (exact) mass is 239 g/mol. The van der Waals surface area contributed by atoms with Crippen LogP contribution in [0.2, 0.25) is 0 Å². The summed E-state index contributed by atoms with van der Waals surface area (Å²) < 4.78 is 0. The molecule has 0 unspecified atom stereocenters. The molecule has 0 atom stereocenters. The zero-order chi connectivity index (χ0) is 13.1. The first-order valence-electron chi connectivity index (χ1n) is 7.49. The first-order chi connectivity index (χ1) is 7.74. The van der Waals surface area contributed by atoms with Crippen LogP contribution in [0.15, 0.2) is 0 Å². The highest BCUT2D eigenvalue weighted by molar-refractivity contribution is 4.83. The van der Waals surface area contributed by atoms with E-state index in [2.05, 4.69) is 46.9 Å². The van der Waals surface area contributed by atoms with Crippen molar-refractivity contribution in [3.63, 3.8) is 0 Å². The van der Waals surface area contributed by atoms with Crippen LogP contribution in [0.3, 0.4) is 0 Å². The molecular formula is C16H33N. The predicted octanol–water partition coefficient (Wildman–Crippen LogP) is 4.62. The molecule has 1 aliphatic rings. The van der Waals surface area contributed by atoms with E-state index < -0.39 is 0 Å². The Morgan fingerprint density at radius 1 is 0.941 bits per heavy atom. The van der Waals surface area contributed by atoms with Gasteiger partial charge in [0.05, 0.1) is 0 Å². The molecule has 102 valence electrons. The van der Waals surface area contributed by atoms with E-state index in [1.54, 1.807) is 0 Å². The summed E-state index contributed by atoms with van der Waals surface area (Å²) in [4.78, 5) is 0. The summed E-state index contributed by atoms with van der Waals surface area (Å²) in [6.45, 7) is 15.3. The maximum Gasteiger partial charge on any atom is 0.0122 e. The lowest BCUT2D eigenvalue weighted by atomic mass is 9.70. The number of hydrogen-bond acceptors (Lipinski definition) is 1. The van der Waals surface area contributed by atoms with Crippen molar-refractivity contribution >= 4 is 0 Å². The van der Waals surface area contributed by atoms with Crippen LogP contribution in [0, 0.1) is 17.3 Å². The Morgan fingerprint density at radius 3 is 1.88 bits per heavy atom. The van der Waals surface area contributed by atoms with Crippen LogP contribution in [0.5, 0.6) is 0 Å². The molecule has 0 bridgehead atoms. The third-order valence-corrected chi connectivity index (χ3v) is 4.82. The maximum atomic E-state index is 3.73. The van der Waals surface area contributed by atoms with E-state index in [0.717, 1.165) is 11.8 Å². The van der Waals surface area contributed by atoms with E-state index in [0.29, 0.717) is 11.0 Å². The van der Waals surface area contributed by atoms with Crippen molar-refractivity contribution < 1.29 is 0 Å². The van der Waals surface area contributed by atoms with Crippen LogP contribution < -0.4 is 5.32 Å². The first-order valence-corrected chi connectivity index (χ1v) is 7.49. The van der Waals surface area contributed by atoms with Crippen molar-refractivity contribution in [1.82, 2.24) is 5.32 Å². The van der Waals surface area contributed by atoms with E-state index in [4.69, 9.17) is 0 Å². The number of nitrogens with one attached hydrogen (secondary N) is 1. The van der Waals surface area contributed by atoms with E-state index >= 15 is 0 Å². The van der Waals surface area contributed by atoms with E-state index in [1.165, 1.54) is 38.6 Å². The van der Waals surface area contributed by atoms with Gasteiger partial charge in [0, 0.05) is 5.54 Å². The standard InChI is InChI=1S/C16H33N/c1-7-16(5,6)17-12-13-8-10-14(11-9-13)15(2,3)4/h13-14,17H,7-12H2,1-6H3. The molecule has 1 nitrogen and oxygen atoms in total. The van der Waals surface area contributed by atoms with Gasteiger partial charge in [-0.05, 0) is 69.7 Å². The Labute approximate surface area is 109 Å². The zero-order valence-corrected chi connectivity index (χ0v) is 12.9. The molecule has 0 aromatic carbocycles. The van der Waals surface area contributed by atoms with Crippen LogP contribution >= 0.6 is 0 Å². The minimum atomic E-state index is 0.320. The van der Waals surface area contributed by atoms with E-state index in [-0.39, 0.29) is 0 Å². The van der Waals surface area contributed by atoms with Crippen molar-refractivity contribution in [1.29, 1.82) is 0 Å². The largest absolute Gasteiger partial charge is 0.312 e. The summed E-state index contributed by atoms with van der Waals surface area (Å²) in [7, 11) is 0. The third kappa shape index (κ3) is 4.99. The normalized spacial score (nSPS) is 27.2. The Hall–Kier alpha value is -0.0400. The molecule has 0 spiro atoms. The summed E-state index contributed by atoms with van der Waals surface area (Å²) in [6, 6.07) is 0. The van der Waals surface area contributed by atoms with Gasteiger partial charge in [0.1, 0.15) is 0 Å². The molecular weight excluding hydrogens is 206 g/mol. The summed E-state index contributed by atoms with van der Waals surface area (Å²) >= 11 is 0. The second kappa shape index (κ2) is 5.73. The molecule has 0 saturated heterocycles. The summed E-state index contributed by atoms with van der Waals surface area (Å²) in [5.41, 5.74) is 0.835. The lowest BCUT2D eigenvalue weighted by molar-refractivity contribution is 0.145. The number of hydrogen-bond donors (Lipinski definition) is 1. The van der Waals surface area contributed by atoms with Gasteiger partial charge in [-0.1, -0.05) is 27.7 Å². The average molecular weight is 239 g/mol. The Bertz CT molecular complexity index is 216. The van der Waals surface area contributed by atoms with Crippen molar-refractivity contribution in [2.45, 2.75) is 79.2 Å². The summed E-state index contributed by atoms with van der Waals surface area (Å²) in [6.07, 6.45) is 6.93. The molecule has 0 radical (unpaired) electrons. The quantitative estimate of drug-likeness (QED) is 0.755. The topological polar surface area (TPSA) is 12.0 Å².